The van der Waals surface area contributed by atoms with Crippen LogP contribution in [0.4, 0.5) is 0 Å². The molecule has 1 heterocycles. The maximum atomic E-state index is 11.4. The number of nitrogens with zero attached hydrogens (tertiary/aromatic N) is 1. The Morgan fingerprint density at radius 3 is 2.50 bits per heavy atom. The number of esters is 1. The lowest BCUT2D eigenvalue weighted by Gasteiger charge is -2.33. The average molecular weight is 191 g/mol. The van der Waals surface area contributed by atoms with Gasteiger partial charge in [-0.25, -0.2) is 4.79 Å². The van der Waals surface area contributed by atoms with Crippen molar-refractivity contribution in [3.63, 3.8) is 0 Å². The summed E-state index contributed by atoms with van der Waals surface area (Å²) in [6.45, 7) is 1.86. The minimum atomic E-state index is -0.424. The lowest BCUT2D eigenvalue weighted by molar-refractivity contribution is -0.148. The van der Waals surface area contributed by atoms with E-state index in [2.05, 4.69) is 0 Å². The normalized spacial score (nSPS) is 25.0. The van der Waals surface area contributed by atoms with Gasteiger partial charge in [0.05, 0.1) is 0 Å². The highest BCUT2D eigenvalue weighted by Gasteiger charge is 2.45. The Kier molecular flexibility index (Phi) is 2.07. The number of rotatable bonds is 0. The zero-order valence-electron chi connectivity index (χ0n) is 8.30. The first kappa shape index (κ1) is 9.26. The van der Waals surface area contributed by atoms with Crippen LogP contribution in [0.25, 0.3) is 0 Å². The first-order chi connectivity index (χ1) is 6.69. The fourth-order valence-corrected chi connectivity index (χ4v) is 2.42. The summed E-state index contributed by atoms with van der Waals surface area (Å²) in [6, 6.07) is 1.94. The van der Waals surface area contributed by atoms with Gasteiger partial charge in [0.1, 0.15) is 17.2 Å². The van der Waals surface area contributed by atoms with E-state index in [1.165, 1.54) is 6.42 Å². The maximum absolute atomic E-state index is 11.4. The quantitative estimate of drug-likeness (QED) is 0.551. The van der Waals surface area contributed by atoms with Crippen molar-refractivity contribution in [3.05, 3.63) is 11.1 Å². The molecule has 0 amide bonds. The molecule has 0 bridgehead atoms. The molecule has 2 rings (SSSR count). The van der Waals surface area contributed by atoms with Crippen LogP contribution in [0, 0.1) is 11.3 Å². The number of hydrogen-bond donors (Lipinski definition) is 0. The standard InChI is InChI=1S/C11H13NO2/c1-8-9(7-12)10(13)14-11(8)5-3-2-4-6-11/h2-6H2,1H3. The monoisotopic (exact) mass is 191 g/mol. The second-order valence-electron chi connectivity index (χ2n) is 4.06. The van der Waals surface area contributed by atoms with Gasteiger partial charge in [-0.2, -0.15) is 5.26 Å². The zero-order chi connectivity index (χ0) is 10.2. The molecule has 1 spiro atoms. The number of ether oxygens (including phenoxy) is 1. The Morgan fingerprint density at radius 2 is 2.00 bits per heavy atom. The highest BCUT2D eigenvalue weighted by atomic mass is 16.6. The van der Waals surface area contributed by atoms with Crippen LogP contribution in [-0.4, -0.2) is 11.6 Å². The molecule has 0 unspecified atom stereocenters. The number of carbonyl (C=O) groups excluding carboxylic acids is 1. The summed E-state index contributed by atoms with van der Waals surface area (Å²) < 4.78 is 5.37. The van der Waals surface area contributed by atoms with Crippen LogP contribution in [0.15, 0.2) is 11.1 Å². The Balaban J connectivity index is 2.36. The van der Waals surface area contributed by atoms with Gasteiger partial charge in [0.2, 0.25) is 0 Å². The topological polar surface area (TPSA) is 50.1 Å². The van der Waals surface area contributed by atoms with E-state index in [0.717, 1.165) is 31.3 Å². The number of carbonyl (C=O) groups is 1. The van der Waals surface area contributed by atoms with Gasteiger partial charge in [-0.05, 0) is 38.2 Å². The van der Waals surface area contributed by atoms with E-state index in [4.69, 9.17) is 10.00 Å². The molecular weight excluding hydrogens is 178 g/mol. The second-order valence-corrected chi connectivity index (χ2v) is 4.06. The molecule has 3 nitrogen and oxygen atoms in total. The Labute approximate surface area is 83.4 Å². The van der Waals surface area contributed by atoms with Crippen LogP contribution in [0.3, 0.4) is 0 Å². The van der Waals surface area contributed by atoms with E-state index in [9.17, 15) is 4.79 Å². The van der Waals surface area contributed by atoms with Gasteiger partial charge in [-0.15, -0.1) is 0 Å². The molecule has 1 fully saturated rings. The summed E-state index contributed by atoms with van der Waals surface area (Å²) >= 11 is 0. The molecule has 2 aliphatic rings. The summed E-state index contributed by atoms with van der Waals surface area (Å²) in [4.78, 5) is 11.4. The molecule has 0 saturated heterocycles. The minimum Gasteiger partial charge on any atom is -0.450 e. The number of nitriles is 1. The van der Waals surface area contributed by atoms with Crippen LogP contribution in [0.2, 0.25) is 0 Å². The van der Waals surface area contributed by atoms with Crippen molar-refractivity contribution in [3.8, 4) is 6.07 Å². The van der Waals surface area contributed by atoms with Crippen LogP contribution in [-0.2, 0) is 9.53 Å². The summed E-state index contributed by atoms with van der Waals surface area (Å²) in [6.07, 6.45) is 5.15. The summed E-state index contributed by atoms with van der Waals surface area (Å²) in [5.41, 5.74) is 0.664. The third kappa shape index (κ3) is 1.14. The first-order valence-electron chi connectivity index (χ1n) is 5.04. The largest absolute Gasteiger partial charge is 0.450 e. The zero-order valence-corrected chi connectivity index (χ0v) is 8.30. The molecule has 0 aromatic carbocycles. The van der Waals surface area contributed by atoms with Crippen molar-refractivity contribution in [2.24, 2.45) is 0 Å². The molecule has 1 saturated carbocycles. The van der Waals surface area contributed by atoms with Crippen molar-refractivity contribution >= 4 is 5.97 Å². The van der Waals surface area contributed by atoms with Crippen molar-refractivity contribution in [2.45, 2.75) is 44.6 Å². The molecule has 1 aliphatic carbocycles. The van der Waals surface area contributed by atoms with Gasteiger partial charge in [0.15, 0.2) is 0 Å². The Bertz CT molecular complexity index is 343. The molecular formula is C11H13NO2. The van der Waals surface area contributed by atoms with Gasteiger partial charge in [0, 0.05) is 0 Å². The lowest BCUT2D eigenvalue weighted by atomic mass is 9.79. The maximum Gasteiger partial charge on any atom is 0.349 e. The van der Waals surface area contributed by atoms with E-state index >= 15 is 0 Å². The molecule has 0 N–H and O–H groups in total. The third-order valence-corrected chi connectivity index (χ3v) is 3.32. The van der Waals surface area contributed by atoms with E-state index in [1.807, 2.05) is 13.0 Å². The fourth-order valence-electron chi connectivity index (χ4n) is 2.42. The molecule has 0 aromatic heterocycles. The Morgan fingerprint density at radius 1 is 1.36 bits per heavy atom. The predicted molar refractivity (Wildman–Crippen MR) is 50.2 cm³/mol. The smallest absolute Gasteiger partial charge is 0.349 e. The highest BCUT2D eigenvalue weighted by Crippen LogP contribution is 2.43. The second kappa shape index (κ2) is 3.13. The lowest BCUT2D eigenvalue weighted by Crippen LogP contribution is -2.33. The molecule has 14 heavy (non-hydrogen) atoms. The van der Waals surface area contributed by atoms with Crippen molar-refractivity contribution < 1.29 is 9.53 Å². The van der Waals surface area contributed by atoms with Crippen molar-refractivity contribution in [1.82, 2.24) is 0 Å². The van der Waals surface area contributed by atoms with Gasteiger partial charge < -0.3 is 4.74 Å². The van der Waals surface area contributed by atoms with Gasteiger partial charge in [0.25, 0.3) is 0 Å². The molecule has 0 atom stereocenters. The molecule has 3 heteroatoms. The van der Waals surface area contributed by atoms with E-state index in [-0.39, 0.29) is 5.57 Å². The molecule has 0 radical (unpaired) electrons. The van der Waals surface area contributed by atoms with Crippen molar-refractivity contribution in [2.75, 3.05) is 0 Å². The molecule has 0 aromatic rings. The average Bonchev–Trinajstić information content (AvgIpc) is 2.40. The molecule has 1 aliphatic heterocycles. The van der Waals surface area contributed by atoms with Crippen LogP contribution in [0.1, 0.15) is 39.0 Å². The summed E-state index contributed by atoms with van der Waals surface area (Å²) in [5, 5.41) is 8.81. The van der Waals surface area contributed by atoms with Crippen LogP contribution >= 0.6 is 0 Å². The minimum absolute atomic E-state index is 0.229. The van der Waals surface area contributed by atoms with Crippen LogP contribution < -0.4 is 0 Å². The fraction of sp³-hybridized carbons (Fsp3) is 0.636. The third-order valence-electron chi connectivity index (χ3n) is 3.32. The SMILES string of the molecule is CC1=C(C#N)C(=O)OC12CCCCC2. The van der Waals surface area contributed by atoms with E-state index in [0.29, 0.717) is 0 Å². The van der Waals surface area contributed by atoms with Crippen molar-refractivity contribution in [1.29, 1.82) is 5.26 Å². The summed E-state index contributed by atoms with van der Waals surface area (Å²) in [7, 11) is 0. The Hall–Kier alpha value is -1.30. The molecule has 74 valence electrons. The van der Waals surface area contributed by atoms with Gasteiger partial charge >= 0.3 is 5.97 Å². The van der Waals surface area contributed by atoms with E-state index in [1.54, 1.807) is 0 Å². The highest BCUT2D eigenvalue weighted by molar-refractivity contribution is 5.97. The predicted octanol–water partition coefficient (Wildman–Crippen LogP) is 2.09. The van der Waals surface area contributed by atoms with E-state index < -0.39 is 11.6 Å². The number of hydrogen-bond acceptors (Lipinski definition) is 3. The first-order valence-corrected chi connectivity index (χ1v) is 5.04. The van der Waals surface area contributed by atoms with Gasteiger partial charge in [-0.3, -0.25) is 0 Å². The van der Waals surface area contributed by atoms with Crippen LogP contribution in [0.5, 0.6) is 0 Å². The van der Waals surface area contributed by atoms with Gasteiger partial charge in [-0.1, -0.05) is 6.42 Å². The summed E-state index contributed by atoms with van der Waals surface area (Å²) in [5.74, 6) is -0.424.